The predicted octanol–water partition coefficient (Wildman–Crippen LogP) is -0.380. The zero-order valence-electron chi connectivity index (χ0n) is 10.0. The van der Waals surface area contributed by atoms with Crippen LogP contribution in [0.2, 0.25) is 0 Å². The molecule has 0 aliphatic carbocycles. The van der Waals surface area contributed by atoms with Gasteiger partial charge in [0.1, 0.15) is 0 Å². The van der Waals surface area contributed by atoms with Crippen LogP contribution >= 0.6 is 0 Å². The zero-order valence-corrected chi connectivity index (χ0v) is 10.8. The molecule has 0 saturated heterocycles. The molecule has 0 fully saturated rings. The molecule has 2 rings (SSSR count). The molecule has 0 saturated carbocycles. The number of rotatable bonds is 5. The van der Waals surface area contributed by atoms with Gasteiger partial charge in [-0.3, -0.25) is 4.68 Å². The molecule has 1 heterocycles. The minimum Gasteiger partial charge on any atom is -0.397 e. The van der Waals surface area contributed by atoms with Crippen LogP contribution in [0.5, 0.6) is 0 Å². The molecule has 8 nitrogen and oxygen atoms in total. The summed E-state index contributed by atoms with van der Waals surface area (Å²) < 4.78 is 24.1. The van der Waals surface area contributed by atoms with Crippen molar-refractivity contribution in [2.75, 3.05) is 17.6 Å². The lowest BCUT2D eigenvalue weighted by Gasteiger charge is -2.10. The van der Waals surface area contributed by atoms with Gasteiger partial charge in [-0.15, -0.1) is 5.10 Å². The molecule has 0 bridgehead atoms. The highest BCUT2D eigenvalue weighted by Crippen LogP contribution is 2.21. The summed E-state index contributed by atoms with van der Waals surface area (Å²) in [6.07, 6.45) is 3.31. The van der Waals surface area contributed by atoms with Crippen LogP contribution in [0.3, 0.4) is 0 Å². The van der Waals surface area contributed by atoms with Gasteiger partial charge in [0.25, 0.3) is 0 Å². The Morgan fingerprint density at radius 1 is 1.37 bits per heavy atom. The number of sulfonamides is 1. The summed E-state index contributed by atoms with van der Waals surface area (Å²) in [5.41, 5.74) is 6.73. The molecule has 0 aliphatic rings. The van der Waals surface area contributed by atoms with Crippen LogP contribution in [0.15, 0.2) is 35.5 Å². The quantitative estimate of drug-likeness (QED) is 0.641. The minimum absolute atomic E-state index is 0.0185. The second-order valence-corrected chi connectivity index (χ2v) is 5.45. The smallest absolute Gasteiger partial charge is 0.238 e. The van der Waals surface area contributed by atoms with Gasteiger partial charge in [0, 0.05) is 12.7 Å². The van der Waals surface area contributed by atoms with Gasteiger partial charge >= 0.3 is 0 Å². The molecule has 0 atom stereocenters. The van der Waals surface area contributed by atoms with E-state index in [9.17, 15) is 8.42 Å². The first-order chi connectivity index (χ1) is 8.97. The number of benzene rings is 1. The van der Waals surface area contributed by atoms with Crippen molar-refractivity contribution in [3.8, 4) is 0 Å². The fourth-order valence-corrected chi connectivity index (χ4v) is 2.06. The highest BCUT2D eigenvalue weighted by atomic mass is 32.2. The minimum atomic E-state index is -3.73. The molecule has 19 heavy (non-hydrogen) atoms. The van der Waals surface area contributed by atoms with Gasteiger partial charge in [0.05, 0.1) is 29.0 Å². The Hall–Kier alpha value is -2.13. The Balaban J connectivity index is 2.07. The standard InChI is InChI=1S/C10H14N6O2S/c11-9-2-1-8(19(12,17)18)7-10(9)13-3-5-16-6-4-14-15-16/h1-2,4,6-7,13H,3,5,11H2,(H2,12,17,18). The van der Waals surface area contributed by atoms with Crippen LogP contribution in [0.25, 0.3) is 0 Å². The van der Waals surface area contributed by atoms with Crippen molar-refractivity contribution < 1.29 is 8.42 Å². The SMILES string of the molecule is Nc1ccc(S(N)(=O)=O)cc1NCCn1ccnn1. The first-order valence-corrected chi connectivity index (χ1v) is 7.02. The highest BCUT2D eigenvalue weighted by molar-refractivity contribution is 7.89. The molecular formula is C10H14N6O2S. The van der Waals surface area contributed by atoms with Crippen LogP contribution in [-0.4, -0.2) is 30.0 Å². The van der Waals surface area contributed by atoms with Crippen molar-refractivity contribution in [1.29, 1.82) is 0 Å². The summed E-state index contributed by atoms with van der Waals surface area (Å²) in [4.78, 5) is 0.0185. The van der Waals surface area contributed by atoms with Gasteiger partial charge < -0.3 is 11.1 Å². The average Bonchev–Trinajstić information content (AvgIpc) is 2.83. The molecule has 2 aromatic rings. The summed E-state index contributed by atoms with van der Waals surface area (Å²) in [5, 5.41) is 15.6. The fraction of sp³-hybridized carbons (Fsp3) is 0.200. The molecule has 0 unspecified atom stereocenters. The van der Waals surface area contributed by atoms with Crippen molar-refractivity contribution in [1.82, 2.24) is 15.0 Å². The summed E-state index contributed by atoms with van der Waals surface area (Å²) in [6.45, 7) is 1.11. The Morgan fingerprint density at radius 3 is 2.79 bits per heavy atom. The second kappa shape index (κ2) is 5.24. The lowest BCUT2D eigenvalue weighted by molar-refractivity contribution is 0.597. The van der Waals surface area contributed by atoms with E-state index in [1.807, 2.05) is 0 Å². The number of nitrogens with one attached hydrogen (secondary N) is 1. The number of aromatic nitrogens is 3. The van der Waals surface area contributed by atoms with E-state index >= 15 is 0 Å². The van der Waals surface area contributed by atoms with Gasteiger partial charge in [0.2, 0.25) is 10.0 Å². The van der Waals surface area contributed by atoms with Crippen molar-refractivity contribution in [2.45, 2.75) is 11.4 Å². The zero-order chi connectivity index (χ0) is 13.9. The maximum atomic E-state index is 11.2. The average molecular weight is 282 g/mol. The van der Waals surface area contributed by atoms with Gasteiger partial charge in [-0.1, -0.05) is 5.21 Å². The molecule has 1 aromatic heterocycles. The van der Waals surface area contributed by atoms with Gasteiger partial charge in [-0.05, 0) is 18.2 Å². The Morgan fingerprint density at radius 2 is 2.16 bits per heavy atom. The van der Waals surface area contributed by atoms with Crippen molar-refractivity contribution in [2.24, 2.45) is 5.14 Å². The van der Waals surface area contributed by atoms with Crippen LogP contribution in [0, 0.1) is 0 Å². The largest absolute Gasteiger partial charge is 0.397 e. The number of nitrogens with zero attached hydrogens (tertiary/aromatic N) is 3. The summed E-state index contributed by atoms with van der Waals surface area (Å²) in [7, 11) is -3.73. The summed E-state index contributed by atoms with van der Waals surface area (Å²) in [5.74, 6) is 0. The summed E-state index contributed by atoms with van der Waals surface area (Å²) in [6, 6.07) is 4.27. The van der Waals surface area contributed by atoms with E-state index in [1.54, 1.807) is 17.1 Å². The number of hydrogen-bond acceptors (Lipinski definition) is 6. The van der Waals surface area contributed by atoms with Crippen LogP contribution < -0.4 is 16.2 Å². The van der Waals surface area contributed by atoms with E-state index in [1.165, 1.54) is 18.2 Å². The van der Waals surface area contributed by atoms with Crippen molar-refractivity contribution in [3.05, 3.63) is 30.6 Å². The molecular weight excluding hydrogens is 268 g/mol. The van der Waals surface area contributed by atoms with Gasteiger partial charge in [-0.25, -0.2) is 13.6 Å². The first kappa shape index (κ1) is 13.3. The van der Waals surface area contributed by atoms with E-state index < -0.39 is 10.0 Å². The van der Waals surface area contributed by atoms with E-state index in [4.69, 9.17) is 10.9 Å². The Kier molecular flexibility index (Phi) is 3.67. The number of primary sulfonamides is 1. The number of anilines is 2. The molecule has 0 amide bonds. The first-order valence-electron chi connectivity index (χ1n) is 5.47. The fourth-order valence-electron chi connectivity index (χ4n) is 1.52. The lowest BCUT2D eigenvalue weighted by atomic mass is 10.2. The van der Waals surface area contributed by atoms with Crippen molar-refractivity contribution in [3.63, 3.8) is 0 Å². The molecule has 1 aromatic carbocycles. The van der Waals surface area contributed by atoms with Gasteiger partial charge in [-0.2, -0.15) is 0 Å². The van der Waals surface area contributed by atoms with Gasteiger partial charge in [0.15, 0.2) is 0 Å². The number of hydrogen-bond donors (Lipinski definition) is 3. The molecule has 0 spiro atoms. The normalized spacial score (nSPS) is 11.4. The van der Waals surface area contributed by atoms with Crippen LogP contribution in [0.4, 0.5) is 11.4 Å². The second-order valence-electron chi connectivity index (χ2n) is 3.89. The predicted molar refractivity (Wildman–Crippen MR) is 70.7 cm³/mol. The monoisotopic (exact) mass is 282 g/mol. The topological polar surface area (TPSA) is 129 Å². The molecule has 5 N–H and O–H groups in total. The van der Waals surface area contributed by atoms with Crippen LogP contribution in [0.1, 0.15) is 0 Å². The lowest BCUT2D eigenvalue weighted by Crippen LogP contribution is -2.15. The third-order valence-corrected chi connectivity index (χ3v) is 3.39. The third-order valence-electron chi connectivity index (χ3n) is 2.48. The molecule has 9 heteroatoms. The molecule has 0 aliphatic heterocycles. The summed E-state index contributed by atoms with van der Waals surface area (Å²) >= 11 is 0. The number of nitrogens with two attached hydrogens (primary N) is 2. The van der Waals surface area contributed by atoms with Crippen LogP contribution in [-0.2, 0) is 16.6 Å². The molecule has 102 valence electrons. The highest BCUT2D eigenvalue weighted by Gasteiger charge is 2.10. The number of nitrogen functional groups attached to an aromatic ring is 1. The molecule has 0 radical (unpaired) electrons. The van der Waals surface area contributed by atoms with Crippen molar-refractivity contribution >= 4 is 21.4 Å². The van der Waals surface area contributed by atoms with E-state index in [-0.39, 0.29) is 4.90 Å². The maximum Gasteiger partial charge on any atom is 0.238 e. The van der Waals surface area contributed by atoms with E-state index in [0.717, 1.165) is 0 Å². The Bertz CT molecular complexity index is 653. The van der Waals surface area contributed by atoms with E-state index in [0.29, 0.717) is 24.5 Å². The van der Waals surface area contributed by atoms with E-state index in [2.05, 4.69) is 15.6 Å². The Labute approximate surface area is 110 Å². The maximum absolute atomic E-state index is 11.2. The third kappa shape index (κ3) is 3.42.